The van der Waals surface area contributed by atoms with Crippen LogP contribution in [-0.4, -0.2) is 28.6 Å². The number of benzene rings is 2. The zero-order valence-electron chi connectivity index (χ0n) is 17.8. The van der Waals surface area contributed by atoms with Crippen molar-refractivity contribution in [2.75, 3.05) is 16.8 Å². The highest BCUT2D eigenvalue weighted by Gasteiger charge is 2.27. The smallest absolute Gasteiger partial charge is 0.259 e. The Balaban J connectivity index is 1.58. The molecule has 0 saturated carbocycles. The fraction of sp³-hybridized carbons (Fsp3) is 0.280. The Morgan fingerprint density at radius 3 is 2.66 bits per heavy atom. The fourth-order valence-electron chi connectivity index (χ4n) is 4.16. The predicted octanol–water partition coefficient (Wildman–Crippen LogP) is 5.22. The number of amides is 2. The summed E-state index contributed by atoms with van der Waals surface area (Å²) in [5.41, 5.74) is 3.34. The highest BCUT2D eigenvalue weighted by Crippen LogP contribution is 2.36. The molecule has 0 bridgehead atoms. The SMILES string of the molecule is Cc1cc(NC(=O)C2=CCCC=C2O)ccc1C(=O)N1CCCC(O)c2cc(Cl)ccc21. The summed E-state index contributed by atoms with van der Waals surface area (Å²) in [7, 11) is 0. The highest BCUT2D eigenvalue weighted by molar-refractivity contribution is 6.30. The number of anilines is 2. The van der Waals surface area contributed by atoms with Gasteiger partial charge in [-0.2, -0.15) is 0 Å². The summed E-state index contributed by atoms with van der Waals surface area (Å²) in [4.78, 5) is 27.6. The van der Waals surface area contributed by atoms with E-state index >= 15 is 0 Å². The highest BCUT2D eigenvalue weighted by atomic mass is 35.5. The standard InChI is InChI=1S/C25H25ClN2O4/c1-15-13-17(27-24(31)19-5-2-3-6-22(19)29)9-10-18(15)25(32)28-12-4-7-23(30)20-14-16(26)8-11-21(20)28/h5-6,8-11,13-14,23,29-30H,2-4,7,12H2,1H3,(H,27,31). The molecule has 1 aliphatic heterocycles. The molecule has 6 nitrogen and oxygen atoms in total. The van der Waals surface area contributed by atoms with Crippen molar-refractivity contribution in [3.05, 3.63) is 81.6 Å². The van der Waals surface area contributed by atoms with E-state index in [1.54, 1.807) is 53.5 Å². The third-order valence-electron chi connectivity index (χ3n) is 5.83. The van der Waals surface area contributed by atoms with E-state index in [0.717, 1.165) is 0 Å². The van der Waals surface area contributed by atoms with Crippen LogP contribution >= 0.6 is 11.6 Å². The van der Waals surface area contributed by atoms with E-state index in [4.69, 9.17) is 11.6 Å². The minimum absolute atomic E-state index is 0.0145. The number of halogens is 1. The van der Waals surface area contributed by atoms with E-state index in [2.05, 4.69) is 5.32 Å². The lowest BCUT2D eigenvalue weighted by atomic mass is 10.0. The second-order valence-corrected chi connectivity index (χ2v) is 8.52. The Bertz CT molecular complexity index is 1140. The zero-order valence-corrected chi connectivity index (χ0v) is 18.5. The molecule has 1 unspecified atom stereocenters. The summed E-state index contributed by atoms with van der Waals surface area (Å²) in [5, 5.41) is 23.7. The number of allylic oxidation sites excluding steroid dienone is 2. The van der Waals surface area contributed by atoms with Crippen LogP contribution in [0, 0.1) is 6.92 Å². The van der Waals surface area contributed by atoms with Gasteiger partial charge in [0, 0.05) is 34.1 Å². The number of aliphatic hydroxyl groups is 2. The first kappa shape index (κ1) is 22.1. The van der Waals surface area contributed by atoms with Crippen molar-refractivity contribution in [1.82, 2.24) is 0 Å². The average Bonchev–Trinajstić information content (AvgIpc) is 2.92. The Morgan fingerprint density at radius 1 is 1.12 bits per heavy atom. The van der Waals surface area contributed by atoms with E-state index in [-0.39, 0.29) is 23.1 Å². The van der Waals surface area contributed by atoms with E-state index in [1.165, 1.54) is 0 Å². The predicted molar refractivity (Wildman–Crippen MR) is 125 cm³/mol. The van der Waals surface area contributed by atoms with Gasteiger partial charge in [0.2, 0.25) is 0 Å². The molecule has 1 atom stereocenters. The minimum Gasteiger partial charge on any atom is -0.507 e. The van der Waals surface area contributed by atoms with Gasteiger partial charge in [-0.25, -0.2) is 0 Å². The lowest BCUT2D eigenvalue weighted by Gasteiger charge is -2.24. The molecule has 1 heterocycles. The third-order valence-corrected chi connectivity index (χ3v) is 6.07. The van der Waals surface area contributed by atoms with Crippen molar-refractivity contribution >= 4 is 34.8 Å². The molecule has 0 saturated heterocycles. The van der Waals surface area contributed by atoms with Crippen molar-refractivity contribution < 1.29 is 19.8 Å². The second kappa shape index (κ2) is 9.18. The number of hydrogen-bond acceptors (Lipinski definition) is 4. The molecule has 1 aliphatic carbocycles. The summed E-state index contributed by atoms with van der Waals surface area (Å²) in [6, 6.07) is 10.3. The monoisotopic (exact) mass is 452 g/mol. The van der Waals surface area contributed by atoms with Gasteiger partial charge < -0.3 is 20.4 Å². The van der Waals surface area contributed by atoms with Crippen molar-refractivity contribution in [1.29, 1.82) is 0 Å². The summed E-state index contributed by atoms with van der Waals surface area (Å²) in [6.07, 6.45) is 5.31. The summed E-state index contributed by atoms with van der Waals surface area (Å²) in [6.45, 7) is 2.30. The number of aliphatic hydroxyl groups excluding tert-OH is 2. The normalized spacial score (nSPS) is 18.2. The van der Waals surface area contributed by atoms with Crippen molar-refractivity contribution in [2.45, 2.75) is 38.7 Å². The van der Waals surface area contributed by atoms with E-state index in [0.29, 0.717) is 65.3 Å². The number of nitrogens with one attached hydrogen (secondary N) is 1. The van der Waals surface area contributed by atoms with Gasteiger partial charge in [-0.05, 0) is 80.6 Å². The van der Waals surface area contributed by atoms with Gasteiger partial charge in [-0.15, -0.1) is 0 Å². The molecule has 2 amide bonds. The maximum Gasteiger partial charge on any atom is 0.259 e. The molecule has 0 radical (unpaired) electrons. The van der Waals surface area contributed by atoms with Crippen molar-refractivity contribution in [3.63, 3.8) is 0 Å². The van der Waals surface area contributed by atoms with Gasteiger partial charge in [0.25, 0.3) is 11.8 Å². The molecule has 0 spiro atoms. The summed E-state index contributed by atoms with van der Waals surface area (Å²) in [5.74, 6) is -0.572. The fourth-order valence-corrected chi connectivity index (χ4v) is 4.34. The first-order chi connectivity index (χ1) is 15.3. The van der Waals surface area contributed by atoms with Gasteiger partial charge in [-0.3, -0.25) is 9.59 Å². The van der Waals surface area contributed by atoms with Crippen molar-refractivity contribution in [3.8, 4) is 0 Å². The molecule has 7 heteroatoms. The molecule has 2 aromatic carbocycles. The Kier molecular flexibility index (Phi) is 6.35. The van der Waals surface area contributed by atoms with Crippen LogP contribution in [0.25, 0.3) is 0 Å². The molecule has 3 N–H and O–H groups in total. The van der Waals surface area contributed by atoms with Crippen LogP contribution < -0.4 is 10.2 Å². The van der Waals surface area contributed by atoms with Crippen LogP contribution in [0.3, 0.4) is 0 Å². The first-order valence-electron chi connectivity index (χ1n) is 10.7. The minimum atomic E-state index is -0.667. The number of carbonyl (C=O) groups excluding carboxylic acids is 2. The van der Waals surface area contributed by atoms with Crippen molar-refractivity contribution in [2.24, 2.45) is 0 Å². The topological polar surface area (TPSA) is 89.9 Å². The molecular formula is C25H25ClN2O4. The summed E-state index contributed by atoms with van der Waals surface area (Å²) < 4.78 is 0. The number of rotatable bonds is 3. The number of nitrogens with zero attached hydrogens (tertiary/aromatic N) is 1. The van der Waals surface area contributed by atoms with Crippen LogP contribution in [0.2, 0.25) is 5.02 Å². The van der Waals surface area contributed by atoms with E-state index < -0.39 is 6.10 Å². The van der Waals surface area contributed by atoms with Crippen LogP contribution in [0.1, 0.15) is 53.3 Å². The molecule has 4 rings (SSSR count). The number of aryl methyl sites for hydroxylation is 1. The largest absolute Gasteiger partial charge is 0.507 e. The molecule has 166 valence electrons. The second-order valence-electron chi connectivity index (χ2n) is 8.09. The van der Waals surface area contributed by atoms with Gasteiger partial charge in [0.05, 0.1) is 11.7 Å². The Labute approximate surface area is 191 Å². The van der Waals surface area contributed by atoms with Crippen LogP contribution in [0.5, 0.6) is 0 Å². The maximum absolute atomic E-state index is 13.4. The first-order valence-corrected chi connectivity index (χ1v) is 11.0. The molecular weight excluding hydrogens is 428 g/mol. The van der Waals surface area contributed by atoms with Gasteiger partial charge in [0.1, 0.15) is 5.76 Å². The molecule has 32 heavy (non-hydrogen) atoms. The maximum atomic E-state index is 13.4. The average molecular weight is 453 g/mol. The van der Waals surface area contributed by atoms with Crippen LogP contribution in [0.4, 0.5) is 11.4 Å². The number of carbonyl (C=O) groups is 2. The lowest BCUT2D eigenvalue weighted by Crippen LogP contribution is -2.32. The summed E-state index contributed by atoms with van der Waals surface area (Å²) >= 11 is 6.12. The quantitative estimate of drug-likeness (QED) is 0.595. The van der Waals surface area contributed by atoms with Crippen LogP contribution in [0.15, 0.2) is 59.9 Å². The Morgan fingerprint density at radius 2 is 1.91 bits per heavy atom. The molecule has 2 aromatic rings. The third kappa shape index (κ3) is 4.42. The zero-order chi connectivity index (χ0) is 22.8. The molecule has 0 aromatic heterocycles. The van der Waals surface area contributed by atoms with Crippen LogP contribution in [-0.2, 0) is 4.79 Å². The van der Waals surface area contributed by atoms with E-state index in [9.17, 15) is 19.8 Å². The number of hydrogen-bond donors (Lipinski definition) is 3. The molecule has 2 aliphatic rings. The van der Waals surface area contributed by atoms with E-state index in [1.807, 2.05) is 6.92 Å². The van der Waals surface area contributed by atoms with Gasteiger partial charge in [-0.1, -0.05) is 17.7 Å². The lowest BCUT2D eigenvalue weighted by molar-refractivity contribution is -0.112. The number of fused-ring (bicyclic) bond motifs is 1. The van der Waals surface area contributed by atoms with Gasteiger partial charge >= 0.3 is 0 Å². The van der Waals surface area contributed by atoms with Gasteiger partial charge in [0.15, 0.2) is 0 Å². The molecule has 0 fully saturated rings. The Hall–Kier alpha value is -3.09.